The maximum atomic E-state index is 13.6. The summed E-state index contributed by atoms with van der Waals surface area (Å²) in [7, 11) is 0. The molecule has 0 atom stereocenters. The van der Waals surface area contributed by atoms with Gasteiger partial charge < -0.3 is 4.90 Å². The number of carbonyl (C=O) groups is 1. The summed E-state index contributed by atoms with van der Waals surface area (Å²) in [6.45, 7) is 1.60. The van der Waals surface area contributed by atoms with Crippen LogP contribution in [0, 0.1) is 5.82 Å². The lowest BCUT2D eigenvalue weighted by atomic mass is 9.89. The molecule has 0 aromatic heterocycles. The second-order valence-electron chi connectivity index (χ2n) is 6.16. The van der Waals surface area contributed by atoms with Crippen LogP contribution in [0.3, 0.4) is 0 Å². The van der Waals surface area contributed by atoms with Crippen molar-refractivity contribution < 1.29 is 9.18 Å². The zero-order chi connectivity index (χ0) is 16.1. The monoisotopic (exact) mass is 311 g/mol. The lowest BCUT2D eigenvalue weighted by molar-refractivity contribution is -0.132. The molecular formula is C20H22FNO. The summed E-state index contributed by atoms with van der Waals surface area (Å²) in [6, 6.07) is 17.2. The SMILES string of the molecule is O=C(CCc1ccccc1F)N1CCC(c2ccccc2)CC1. The smallest absolute Gasteiger partial charge is 0.222 e. The van der Waals surface area contributed by atoms with Crippen LogP contribution in [-0.4, -0.2) is 23.9 Å². The van der Waals surface area contributed by atoms with Crippen molar-refractivity contribution in [2.24, 2.45) is 0 Å². The van der Waals surface area contributed by atoms with Gasteiger partial charge >= 0.3 is 0 Å². The van der Waals surface area contributed by atoms with Gasteiger partial charge in [-0.1, -0.05) is 48.5 Å². The van der Waals surface area contributed by atoms with E-state index in [4.69, 9.17) is 0 Å². The van der Waals surface area contributed by atoms with Crippen LogP contribution in [0.2, 0.25) is 0 Å². The normalized spacial score (nSPS) is 15.6. The number of hydrogen-bond acceptors (Lipinski definition) is 1. The van der Waals surface area contributed by atoms with Crippen molar-refractivity contribution in [3.8, 4) is 0 Å². The summed E-state index contributed by atoms with van der Waals surface area (Å²) in [5.41, 5.74) is 1.99. The number of rotatable bonds is 4. The molecule has 1 heterocycles. The van der Waals surface area contributed by atoms with Gasteiger partial charge in [-0.05, 0) is 42.4 Å². The Morgan fingerprint density at radius 3 is 2.35 bits per heavy atom. The van der Waals surface area contributed by atoms with E-state index < -0.39 is 0 Å². The van der Waals surface area contributed by atoms with Crippen molar-refractivity contribution in [2.45, 2.75) is 31.6 Å². The second kappa shape index (κ2) is 7.40. The van der Waals surface area contributed by atoms with E-state index in [1.54, 1.807) is 12.1 Å². The first-order valence-corrected chi connectivity index (χ1v) is 8.30. The molecule has 3 heteroatoms. The summed E-state index contributed by atoms with van der Waals surface area (Å²) >= 11 is 0. The summed E-state index contributed by atoms with van der Waals surface area (Å²) < 4.78 is 13.6. The van der Waals surface area contributed by atoms with Gasteiger partial charge in [-0.2, -0.15) is 0 Å². The molecule has 1 aliphatic heterocycles. The molecule has 0 spiro atoms. The highest BCUT2D eigenvalue weighted by atomic mass is 19.1. The number of likely N-dealkylation sites (tertiary alicyclic amines) is 1. The van der Waals surface area contributed by atoms with Crippen LogP contribution < -0.4 is 0 Å². The van der Waals surface area contributed by atoms with Gasteiger partial charge in [0.05, 0.1) is 0 Å². The first kappa shape index (κ1) is 15.7. The Labute approximate surface area is 136 Å². The van der Waals surface area contributed by atoms with Gasteiger partial charge in [0.1, 0.15) is 5.82 Å². The Morgan fingerprint density at radius 2 is 1.65 bits per heavy atom. The highest BCUT2D eigenvalue weighted by Gasteiger charge is 2.23. The largest absolute Gasteiger partial charge is 0.343 e. The van der Waals surface area contributed by atoms with E-state index in [1.165, 1.54) is 11.6 Å². The zero-order valence-electron chi connectivity index (χ0n) is 13.2. The Kier molecular flexibility index (Phi) is 5.06. The van der Waals surface area contributed by atoms with Crippen LogP contribution in [0.1, 0.15) is 36.3 Å². The molecule has 1 saturated heterocycles. The summed E-state index contributed by atoms with van der Waals surface area (Å²) in [4.78, 5) is 14.3. The molecule has 1 aliphatic rings. The number of carbonyl (C=O) groups excluding carboxylic acids is 1. The minimum absolute atomic E-state index is 0.139. The van der Waals surface area contributed by atoms with E-state index in [1.807, 2.05) is 17.0 Å². The zero-order valence-corrected chi connectivity index (χ0v) is 13.2. The van der Waals surface area contributed by atoms with Crippen molar-refractivity contribution in [3.05, 3.63) is 71.5 Å². The average molecular weight is 311 g/mol. The van der Waals surface area contributed by atoms with Crippen molar-refractivity contribution in [3.63, 3.8) is 0 Å². The molecule has 2 aromatic carbocycles. The third-order valence-electron chi connectivity index (χ3n) is 4.68. The quantitative estimate of drug-likeness (QED) is 0.830. The molecule has 0 unspecified atom stereocenters. The predicted molar refractivity (Wildman–Crippen MR) is 89.7 cm³/mol. The van der Waals surface area contributed by atoms with Crippen LogP contribution in [0.25, 0.3) is 0 Å². The topological polar surface area (TPSA) is 20.3 Å². The second-order valence-corrected chi connectivity index (χ2v) is 6.16. The molecule has 0 N–H and O–H groups in total. The summed E-state index contributed by atoms with van der Waals surface area (Å²) in [5, 5.41) is 0. The number of amides is 1. The maximum absolute atomic E-state index is 13.6. The number of aryl methyl sites for hydroxylation is 1. The van der Waals surface area contributed by atoms with Crippen LogP contribution in [-0.2, 0) is 11.2 Å². The molecular weight excluding hydrogens is 289 g/mol. The van der Waals surface area contributed by atoms with E-state index in [-0.39, 0.29) is 11.7 Å². The van der Waals surface area contributed by atoms with E-state index >= 15 is 0 Å². The maximum Gasteiger partial charge on any atom is 0.222 e. The van der Waals surface area contributed by atoms with Crippen molar-refractivity contribution in [2.75, 3.05) is 13.1 Å². The fraction of sp³-hybridized carbons (Fsp3) is 0.350. The van der Waals surface area contributed by atoms with Crippen LogP contribution in [0.4, 0.5) is 4.39 Å². The Bertz CT molecular complexity index is 648. The molecule has 2 nitrogen and oxygen atoms in total. The molecule has 2 aromatic rings. The molecule has 1 amide bonds. The van der Waals surface area contributed by atoms with Gasteiger partial charge in [0.15, 0.2) is 0 Å². The first-order chi connectivity index (χ1) is 11.2. The van der Waals surface area contributed by atoms with Gasteiger partial charge in [0.25, 0.3) is 0 Å². The average Bonchev–Trinajstić information content (AvgIpc) is 2.62. The number of piperidine rings is 1. The molecule has 1 fully saturated rings. The van der Waals surface area contributed by atoms with E-state index in [0.29, 0.717) is 24.3 Å². The molecule has 3 rings (SSSR count). The molecule has 0 radical (unpaired) electrons. The van der Waals surface area contributed by atoms with Gasteiger partial charge in [-0.3, -0.25) is 4.79 Å². The third-order valence-corrected chi connectivity index (χ3v) is 4.68. The molecule has 120 valence electrons. The summed E-state index contributed by atoms with van der Waals surface area (Å²) in [5.74, 6) is 0.467. The number of nitrogens with zero attached hydrogens (tertiary/aromatic N) is 1. The van der Waals surface area contributed by atoms with E-state index in [9.17, 15) is 9.18 Å². The van der Waals surface area contributed by atoms with Gasteiger partial charge in [0.2, 0.25) is 5.91 Å². The van der Waals surface area contributed by atoms with Gasteiger partial charge in [-0.15, -0.1) is 0 Å². The Morgan fingerprint density at radius 1 is 1.00 bits per heavy atom. The molecule has 0 bridgehead atoms. The predicted octanol–water partition coefficient (Wildman–Crippen LogP) is 4.16. The van der Waals surface area contributed by atoms with Gasteiger partial charge in [-0.25, -0.2) is 4.39 Å². The highest BCUT2D eigenvalue weighted by molar-refractivity contribution is 5.76. The fourth-order valence-corrected chi connectivity index (χ4v) is 3.29. The van der Waals surface area contributed by atoms with Gasteiger partial charge in [0, 0.05) is 19.5 Å². The van der Waals surface area contributed by atoms with Crippen LogP contribution in [0.5, 0.6) is 0 Å². The van der Waals surface area contributed by atoms with E-state index in [0.717, 1.165) is 25.9 Å². The van der Waals surface area contributed by atoms with Crippen molar-refractivity contribution in [1.82, 2.24) is 4.90 Å². The van der Waals surface area contributed by atoms with Crippen LogP contribution >= 0.6 is 0 Å². The van der Waals surface area contributed by atoms with Crippen molar-refractivity contribution in [1.29, 1.82) is 0 Å². The molecule has 0 saturated carbocycles. The Balaban J connectivity index is 1.50. The number of hydrogen-bond donors (Lipinski definition) is 0. The highest BCUT2D eigenvalue weighted by Crippen LogP contribution is 2.28. The summed E-state index contributed by atoms with van der Waals surface area (Å²) in [6.07, 6.45) is 2.88. The van der Waals surface area contributed by atoms with Crippen LogP contribution in [0.15, 0.2) is 54.6 Å². The van der Waals surface area contributed by atoms with E-state index in [2.05, 4.69) is 24.3 Å². The molecule has 23 heavy (non-hydrogen) atoms. The minimum atomic E-state index is -0.219. The standard InChI is InChI=1S/C20H22FNO/c21-19-9-5-4-8-18(19)10-11-20(23)22-14-12-17(13-15-22)16-6-2-1-3-7-16/h1-9,17H,10-15H2. The number of benzene rings is 2. The first-order valence-electron chi connectivity index (χ1n) is 8.30. The Hall–Kier alpha value is -2.16. The minimum Gasteiger partial charge on any atom is -0.343 e. The fourth-order valence-electron chi connectivity index (χ4n) is 3.29. The lowest BCUT2D eigenvalue weighted by Crippen LogP contribution is -2.38. The third kappa shape index (κ3) is 3.98. The molecule has 0 aliphatic carbocycles. The van der Waals surface area contributed by atoms with Crippen molar-refractivity contribution >= 4 is 5.91 Å². The number of halogens is 1. The lowest BCUT2D eigenvalue weighted by Gasteiger charge is -2.32.